The molecule has 1 N–H and O–H groups in total. The molecule has 168 valence electrons. The fraction of sp³-hybridized carbons (Fsp3) is 0.174. The number of carbonyl (C=O) groups excluding carboxylic acids is 1. The molecule has 0 atom stereocenters. The van der Waals surface area contributed by atoms with Gasteiger partial charge in [-0.1, -0.05) is 29.8 Å². The maximum absolute atomic E-state index is 12.9. The van der Waals surface area contributed by atoms with Gasteiger partial charge in [0.1, 0.15) is 11.5 Å². The van der Waals surface area contributed by atoms with E-state index >= 15 is 0 Å². The van der Waals surface area contributed by atoms with Gasteiger partial charge in [-0.2, -0.15) is 4.31 Å². The van der Waals surface area contributed by atoms with Gasteiger partial charge in [-0.05, 0) is 48.5 Å². The molecule has 3 aromatic rings. The monoisotopic (exact) mass is 474 g/mol. The number of benzene rings is 3. The second kappa shape index (κ2) is 10.0. The first-order valence-electron chi connectivity index (χ1n) is 9.59. The Morgan fingerprint density at radius 3 is 2.25 bits per heavy atom. The summed E-state index contributed by atoms with van der Waals surface area (Å²) in [6.45, 7) is 0.0237. The van der Waals surface area contributed by atoms with Crippen molar-refractivity contribution >= 4 is 33.2 Å². The first-order chi connectivity index (χ1) is 15.3. The number of methoxy groups -OCH3 is 2. The first kappa shape index (κ1) is 23.6. The standard InChI is InChI=1S/C23H23ClN2O5S/c1-26(32(28,29)19-7-5-4-6-8-19)15-17-13-16(9-11-21(17)30-2)23(27)25-18-10-12-22(31-3)20(24)14-18/h4-14H,15H2,1-3H3,(H,25,27). The van der Waals surface area contributed by atoms with Crippen LogP contribution < -0.4 is 14.8 Å². The Hall–Kier alpha value is -3.07. The van der Waals surface area contributed by atoms with Crippen LogP contribution in [0.2, 0.25) is 5.02 Å². The van der Waals surface area contributed by atoms with Gasteiger partial charge in [0.15, 0.2) is 0 Å². The molecular formula is C23H23ClN2O5S. The van der Waals surface area contributed by atoms with Crippen molar-refractivity contribution in [2.75, 3.05) is 26.6 Å². The summed E-state index contributed by atoms with van der Waals surface area (Å²) in [5.41, 5.74) is 1.40. The summed E-state index contributed by atoms with van der Waals surface area (Å²) in [5.74, 6) is 0.604. The van der Waals surface area contributed by atoms with Crippen molar-refractivity contribution < 1.29 is 22.7 Å². The number of hydrogen-bond donors (Lipinski definition) is 1. The molecule has 0 aromatic heterocycles. The summed E-state index contributed by atoms with van der Waals surface area (Å²) >= 11 is 6.12. The van der Waals surface area contributed by atoms with Crippen LogP contribution in [0, 0.1) is 0 Å². The Morgan fingerprint density at radius 1 is 0.969 bits per heavy atom. The van der Waals surface area contributed by atoms with E-state index in [1.165, 1.54) is 37.7 Å². The van der Waals surface area contributed by atoms with Gasteiger partial charge in [-0.15, -0.1) is 0 Å². The minimum Gasteiger partial charge on any atom is -0.496 e. The number of nitrogens with zero attached hydrogens (tertiary/aromatic N) is 1. The highest BCUT2D eigenvalue weighted by molar-refractivity contribution is 7.89. The maximum Gasteiger partial charge on any atom is 0.255 e. The van der Waals surface area contributed by atoms with Crippen LogP contribution in [0.5, 0.6) is 11.5 Å². The normalized spacial score (nSPS) is 11.3. The van der Waals surface area contributed by atoms with E-state index in [2.05, 4.69) is 5.32 Å². The van der Waals surface area contributed by atoms with E-state index in [1.807, 2.05) is 0 Å². The minimum atomic E-state index is -3.70. The van der Waals surface area contributed by atoms with Crippen LogP contribution in [0.15, 0.2) is 71.6 Å². The minimum absolute atomic E-state index is 0.0237. The SMILES string of the molecule is COc1ccc(NC(=O)c2ccc(OC)c(CN(C)S(=O)(=O)c3ccccc3)c2)cc1Cl. The molecule has 1 amide bonds. The summed E-state index contributed by atoms with van der Waals surface area (Å²) in [6, 6.07) is 17.9. The molecule has 0 aliphatic carbocycles. The third kappa shape index (κ3) is 5.21. The highest BCUT2D eigenvalue weighted by Gasteiger charge is 2.22. The Bertz CT molecular complexity index is 1220. The zero-order valence-corrected chi connectivity index (χ0v) is 19.4. The van der Waals surface area contributed by atoms with E-state index in [4.69, 9.17) is 21.1 Å². The third-order valence-electron chi connectivity index (χ3n) is 4.80. The average Bonchev–Trinajstić information content (AvgIpc) is 2.79. The van der Waals surface area contributed by atoms with Crippen LogP contribution in [0.3, 0.4) is 0 Å². The van der Waals surface area contributed by atoms with Crippen LogP contribution >= 0.6 is 11.6 Å². The van der Waals surface area contributed by atoms with E-state index in [0.29, 0.717) is 33.3 Å². The summed E-state index contributed by atoms with van der Waals surface area (Å²) in [6.07, 6.45) is 0. The summed E-state index contributed by atoms with van der Waals surface area (Å²) in [7, 11) is 0.773. The van der Waals surface area contributed by atoms with Gasteiger partial charge in [0.25, 0.3) is 5.91 Å². The van der Waals surface area contributed by atoms with Gasteiger partial charge in [0, 0.05) is 30.4 Å². The van der Waals surface area contributed by atoms with Crippen molar-refractivity contribution in [3.63, 3.8) is 0 Å². The smallest absolute Gasteiger partial charge is 0.255 e. The van der Waals surface area contributed by atoms with E-state index in [1.54, 1.807) is 54.6 Å². The number of carbonyl (C=O) groups is 1. The number of nitrogens with one attached hydrogen (secondary N) is 1. The van der Waals surface area contributed by atoms with Crippen molar-refractivity contribution in [3.05, 3.63) is 82.9 Å². The average molecular weight is 475 g/mol. The molecule has 0 saturated heterocycles. The maximum atomic E-state index is 12.9. The predicted molar refractivity (Wildman–Crippen MR) is 124 cm³/mol. The molecule has 0 saturated carbocycles. The Kier molecular flexibility index (Phi) is 7.40. The summed E-state index contributed by atoms with van der Waals surface area (Å²) in [4.78, 5) is 13.0. The number of sulfonamides is 1. The van der Waals surface area contributed by atoms with Crippen molar-refractivity contribution in [3.8, 4) is 11.5 Å². The van der Waals surface area contributed by atoms with Crippen LogP contribution in [0.4, 0.5) is 5.69 Å². The molecule has 3 aromatic carbocycles. The molecule has 9 heteroatoms. The topological polar surface area (TPSA) is 84.9 Å². The van der Waals surface area contributed by atoms with Gasteiger partial charge in [0.2, 0.25) is 10.0 Å². The molecule has 0 bridgehead atoms. The molecule has 7 nitrogen and oxygen atoms in total. The summed E-state index contributed by atoms with van der Waals surface area (Å²) in [5, 5.41) is 3.14. The molecule has 0 heterocycles. The molecule has 0 aliphatic heterocycles. The number of anilines is 1. The fourth-order valence-corrected chi connectivity index (χ4v) is 4.52. The van der Waals surface area contributed by atoms with Crippen molar-refractivity contribution in [2.45, 2.75) is 11.4 Å². The van der Waals surface area contributed by atoms with E-state index < -0.39 is 10.0 Å². The Balaban J connectivity index is 1.83. The lowest BCUT2D eigenvalue weighted by molar-refractivity contribution is 0.102. The van der Waals surface area contributed by atoms with Crippen LogP contribution in [0.25, 0.3) is 0 Å². The fourth-order valence-electron chi connectivity index (χ4n) is 3.09. The van der Waals surface area contributed by atoms with E-state index in [0.717, 1.165) is 0 Å². The molecule has 0 spiro atoms. The van der Waals surface area contributed by atoms with Gasteiger partial charge in [-0.25, -0.2) is 8.42 Å². The van der Waals surface area contributed by atoms with Crippen LogP contribution in [-0.4, -0.2) is 39.9 Å². The highest BCUT2D eigenvalue weighted by Crippen LogP contribution is 2.28. The molecule has 0 unspecified atom stereocenters. The summed E-state index contributed by atoms with van der Waals surface area (Å²) < 4.78 is 37.4. The number of rotatable bonds is 8. The number of amides is 1. The second-order valence-electron chi connectivity index (χ2n) is 6.90. The molecular weight excluding hydrogens is 452 g/mol. The van der Waals surface area contributed by atoms with Gasteiger partial charge < -0.3 is 14.8 Å². The van der Waals surface area contributed by atoms with Crippen molar-refractivity contribution in [2.24, 2.45) is 0 Å². The van der Waals surface area contributed by atoms with E-state index in [9.17, 15) is 13.2 Å². The lowest BCUT2D eigenvalue weighted by atomic mass is 10.1. The lowest BCUT2D eigenvalue weighted by Crippen LogP contribution is -2.27. The highest BCUT2D eigenvalue weighted by atomic mass is 35.5. The van der Waals surface area contributed by atoms with E-state index in [-0.39, 0.29) is 17.3 Å². The number of hydrogen-bond acceptors (Lipinski definition) is 5. The van der Waals surface area contributed by atoms with Gasteiger partial charge >= 0.3 is 0 Å². The molecule has 0 fully saturated rings. The quantitative estimate of drug-likeness (QED) is 0.522. The zero-order valence-electron chi connectivity index (χ0n) is 17.8. The molecule has 3 rings (SSSR count). The van der Waals surface area contributed by atoms with Gasteiger partial charge in [-0.3, -0.25) is 4.79 Å². The van der Waals surface area contributed by atoms with Gasteiger partial charge in [0.05, 0.1) is 24.1 Å². The lowest BCUT2D eigenvalue weighted by Gasteiger charge is -2.19. The largest absolute Gasteiger partial charge is 0.496 e. The number of ether oxygens (including phenoxy) is 2. The molecule has 0 aliphatic rings. The Morgan fingerprint density at radius 2 is 1.62 bits per heavy atom. The van der Waals surface area contributed by atoms with Crippen LogP contribution in [-0.2, 0) is 16.6 Å². The second-order valence-corrected chi connectivity index (χ2v) is 9.36. The molecule has 32 heavy (non-hydrogen) atoms. The Labute approximate surface area is 192 Å². The molecule has 0 radical (unpaired) electrons. The van der Waals surface area contributed by atoms with Crippen LogP contribution in [0.1, 0.15) is 15.9 Å². The predicted octanol–water partition coefficient (Wildman–Crippen LogP) is 4.43. The zero-order chi connectivity index (χ0) is 23.3. The van der Waals surface area contributed by atoms with Crippen molar-refractivity contribution in [1.29, 1.82) is 0 Å². The number of halogens is 1. The van der Waals surface area contributed by atoms with Crippen molar-refractivity contribution in [1.82, 2.24) is 4.31 Å². The third-order valence-corrected chi connectivity index (χ3v) is 6.91. The first-order valence-corrected chi connectivity index (χ1v) is 11.4.